The molecule has 0 saturated carbocycles. The molecule has 0 fully saturated rings. The molecule has 0 aromatic heterocycles. The first kappa shape index (κ1) is 14.4. The van der Waals surface area contributed by atoms with Crippen LogP contribution in [0.4, 0.5) is 13.2 Å². The van der Waals surface area contributed by atoms with Gasteiger partial charge in [-0.25, -0.2) is 10.0 Å². The van der Waals surface area contributed by atoms with Crippen molar-refractivity contribution in [3.05, 3.63) is 29.3 Å². The lowest BCUT2D eigenvalue weighted by Crippen LogP contribution is -2.13. The molecule has 0 aliphatic rings. The Labute approximate surface area is 103 Å². The van der Waals surface area contributed by atoms with E-state index in [-0.39, 0.29) is 5.92 Å². The number of halogens is 3. The zero-order valence-electron chi connectivity index (χ0n) is 10.9. The van der Waals surface area contributed by atoms with E-state index in [4.69, 9.17) is 0 Å². The van der Waals surface area contributed by atoms with Gasteiger partial charge >= 0.3 is 6.18 Å². The van der Waals surface area contributed by atoms with Crippen LogP contribution in [0.2, 0.25) is 0 Å². The van der Waals surface area contributed by atoms with Crippen LogP contribution in [0.1, 0.15) is 30.9 Å². The average molecular weight is 264 g/mol. The maximum absolute atomic E-state index is 13.0. The Morgan fingerprint density at radius 3 is 1.94 bits per heavy atom. The van der Waals surface area contributed by atoms with Gasteiger partial charge in [-0.2, -0.15) is 13.2 Å². The minimum Gasteiger partial charge on any atom is -0.223 e. The molecule has 0 bridgehead atoms. The van der Waals surface area contributed by atoms with Crippen molar-refractivity contribution >= 4 is 10.0 Å². The summed E-state index contributed by atoms with van der Waals surface area (Å²) in [4.78, 5) is 0.863. The summed E-state index contributed by atoms with van der Waals surface area (Å²) in [6, 6.07) is 4.53. The van der Waals surface area contributed by atoms with Crippen molar-refractivity contribution in [1.29, 1.82) is 0 Å². The van der Waals surface area contributed by atoms with Gasteiger partial charge in [0.1, 0.15) is 0 Å². The molecule has 0 spiro atoms. The molecule has 17 heavy (non-hydrogen) atoms. The number of rotatable bonds is 2. The fourth-order valence-corrected chi connectivity index (χ4v) is 3.41. The Balaban J connectivity index is 3.55. The van der Waals surface area contributed by atoms with Crippen molar-refractivity contribution in [3.8, 4) is 0 Å². The topological polar surface area (TPSA) is 0 Å². The molecule has 0 nitrogen and oxygen atoms in total. The zero-order valence-corrected chi connectivity index (χ0v) is 11.7. The molecule has 0 heterocycles. The lowest BCUT2D eigenvalue weighted by Gasteiger charge is -2.31. The molecule has 0 amide bonds. The SMILES string of the molecule is CC(C)c1c(C(F)(F)F)cccc1S(C)(C)C. The number of alkyl halides is 3. The smallest absolute Gasteiger partial charge is 0.223 e. The molecule has 0 aliphatic carbocycles. The van der Waals surface area contributed by atoms with Crippen LogP contribution in [-0.4, -0.2) is 18.8 Å². The van der Waals surface area contributed by atoms with Crippen LogP contribution in [0.25, 0.3) is 0 Å². The molecule has 98 valence electrons. The van der Waals surface area contributed by atoms with Crippen molar-refractivity contribution in [3.63, 3.8) is 0 Å². The highest BCUT2D eigenvalue weighted by Crippen LogP contribution is 2.51. The van der Waals surface area contributed by atoms with Crippen molar-refractivity contribution in [2.75, 3.05) is 18.8 Å². The average Bonchev–Trinajstić information content (AvgIpc) is 2.13. The molecule has 0 saturated heterocycles. The molecule has 0 unspecified atom stereocenters. The standard InChI is InChI=1S/C13H19F3S/c1-9(2)12-10(13(14,15)16)7-6-8-11(12)17(3,4)5/h6-9H,1-5H3. The fraction of sp³-hybridized carbons (Fsp3) is 0.538. The highest BCUT2D eigenvalue weighted by molar-refractivity contribution is 8.32. The van der Waals surface area contributed by atoms with Crippen molar-refractivity contribution < 1.29 is 13.2 Å². The van der Waals surface area contributed by atoms with Crippen molar-refractivity contribution in [2.45, 2.75) is 30.8 Å². The van der Waals surface area contributed by atoms with E-state index in [2.05, 4.69) is 0 Å². The van der Waals surface area contributed by atoms with Gasteiger partial charge in [-0.1, -0.05) is 19.9 Å². The maximum Gasteiger partial charge on any atom is 0.416 e. The minimum atomic E-state index is -4.26. The van der Waals surface area contributed by atoms with Gasteiger partial charge in [-0.3, -0.25) is 0 Å². The van der Waals surface area contributed by atoms with Gasteiger partial charge < -0.3 is 0 Å². The predicted molar refractivity (Wildman–Crippen MR) is 69.2 cm³/mol. The lowest BCUT2D eigenvalue weighted by molar-refractivity contribution is -0.138. The van der Waals surface area contributed by atoms with Crippen LogP contribution in [0.3, 0.4) is 0 Å². The van der Waals surface area contributed by atoms with E-state index in [1.807, 2.05) is 38.7 Å². The van der Waals surface area contributed by atoms with E-state index in [1.165, 1.54) is 12.1 Å². The first-order valence-electron chi connectivity index (χ1n) is 5.43. The van der Waals surface area contributed by atoms with Gasteiger partial charge in [-0.05, 0) is 47.3 Å². The van der Waals surface area contributed by atoms with E-state index < -0.39 is 21.8 Å². The Kier molecular flexibility index (Phi) is 3.87. The second kappa shape index (κ2) is 4.56. The molecular formula is C13H19F3S. The van der Waals surface area contributed by atoms with Gasteiger partial charge in [0.25, 0.3) is 0 Å². The van der Waals surface area contributed by atoms with Gasteiger partial charge in [0.15, 0.2) is 0 Å². The van der Waals surface area contributed by atoms with Gasteiger partial charge in [-0.15, -0.1) is 0 Å². The summed E-state index contributed by atoms with van der Waals surface area (Å²) in [7, 11) is -1.16. The van der Waals surface area contributed by atoms with Crippen LogP contribution < -0.4 is 0 Å². The summed E-state index contributed by atoms with van der Waals surface area (Å²) in [6.45, 7) is 3.64. The van der Waals surface area contributed by atoms with E-state index >= 15 is 0 Å². The van der Waals surface area contributed by atoms with Crippen molar-refractivity contribution in [2.24, 2.45) is 0 Å². The fourth-order valence-electron chi connectivity index (χ4n) is 1.92. The Bertz CT molecular complexity index is 368. The molecule has 0 aliphatic heterocycles. The highest BCUT2D eigenvalue weighted by atomic mass is 32.3. The van der Waals surface area contributed by atoms with E-state index in [0.717, 1.165) is 4.90 Å². The Morgan fingerprint density at radius 2 is 1.59 bits per heavy atom. The summed E-state index contributed by atoms with van der Waals surface area (Å²) < 4.78 is 39.0. The van der Waals surface area contributed by atoms with Gasteiger partial charge in [0.05, 0.1) is 5.56 Å². The molecule has 0 radical (unpaired) electrons. The Hall–Kier alpha value is -0.640. The monoisotopic (exact) mass is 264 g/mol. The minimum absolute atomic E-state index is 0.116. The van der Waals surface area contributed by atoms with Gasteiger partial charge in [0.2, 0.25) is 0 Å². The van der Waals surface area contributed by atoms with Crippen molar-refractivity contribution in [1.82, 2.24) is 0 Å². The zero-order chi connectivity index (χ0) is 13.4. The van der Waals surface area contributed by atoms with E-state index in [9.17, 15) is 13.2 Å². The first-order valence-corrected chi connectivity index (χ1v) is 8.29. The summed E-state index contributed by atoms with van der Waals surface area (Å²) >= 11 is 0. The molecule has 0 atom stereocenters. The molecule has 0 N–H and O–H groups in total. The first-order chi connectivity index (χ1) is 7.55. The predicted octanol–water partition coefficient (Wildman–Crippen LogP) is 4.88. The van der Waals surface area contributed by atoms with Crippen LogP contribution in [-0.2, 0) is 6.18 Å². The van der Waals surface area contributed by atoms with E-state index in [1.54, 1.807) is 0 Å². The Morgan fingerprint density at radius 1 is 1.06 bits per heavy atom. The third-order valence-corrected chi connectivity index (χ3v) is 4.28. The molecule has 1 aromatic carbocycles. The highest BCUT2D eigenvalue weighted by Gasteiger charge is 2.35. The second-order valence-electron chi connectivity index (χ2n) is 5.21. The number of benzene rings is 1. The van der Waals surface area contributed by atoms with Crippen LogP contribution in [0.5, 0.6) is 0 Å². The maximum atomic E-state index is 13.0. The normalized spacial score (nSPS) is 14.2. The van der Waals surface area contributed by atoms with E-state index in [0.29, 0.717) is 5.56 Å². The van der Waals surface area contributed by atoms with Gasteiger partial charge in [0, 0.05) is 0 Å². The second-order valence-corrected chi connectivity index (χ2v) is 9.32. The van der Waals surface area contributed by atoms with Crippen LogP contribution in [0.15, 0.2) is 23.1 Å². The summed E-state index contributed by atoms with van der Waals surface area (Å²) in [5, 5.41) is 0. The lowest BCUT2D eigenvalue weighted by atomic mass is 9.97. The third-order valence-electron chi connectivity index (χ3n) is 2.61. The molecule has 4 heteroatoms. The molecule has 1 rings (SSSR count). The summed E-state index contributed by atoms with van der Waals surface area (Å²) in [5.41, 5.74) is -0.0186. The third kappa shape index (κ3) is 3.18. The summed E-state index contributed by atoms with van der Waals surface area (Å²) in [6.07, 6.45) is 1.80. The van der Waals surface area contributed by atoms with Crippen LogP contribution >= 0.6 is 10.0 Å². The molecule has 1 aromatic rings. The molecular weight excluding hydrogens is 245 g/mol. The number of hydrogen-bond acceptors (Lipinski definition) is 0. The summed E-state index contributed by atoms with van der Waals surface area (Å²) in [5.74, 6) is -0.116. The van der Waals surface area contributed by atoms with Crippen LogP contribution in [0, 0.1) is 0 Å². The quantitative estimate of drug-likeness (QED) is 0.714. The number of hydrogen-bond donors (Lipinski definition) is 0. The largest absolute Gasteiger partial charge is 0.416 e.